The van der Waals surface area contributed by atoms with Crippen molar-refractivity contribution in [2.45, 2.75) is 18.2 Å². The molecule has 0 fully saturated rings. The maximum atomic E-state index is 13.9. The predicted molar refractivity (Wildman–Crippen MR) is 99.4 cm³/mol. The van der Waals surface area contributed by atoms with Crippen molar-refractivity contribution in [1.29, 1.82) is 0 Å². The zero-order valence-electron chi connectivity index (χ0n) is 14.2. The summed E-state index contributed by atoms with van der Waals surface area (Å²) in [6.45, 7) is 0. The van der Waals surface area contributed by atoms with Crippen LogP contribution in [-0.4, -0.2) is 16.8 Å². The van der Waals surface area contributed by atoms with E-state index in [-0.39, 0.29) is 26.9 Å². The lowest BCUT2D eigenvalue weighted by Gasteiger charge is -2.29. The summed E-state index contributed by atoms with van der Waals surface area (Å²) in [5.41, 5.74) is -3.72. The zero-order chi connectivity index (χ0) is 21.4. The van der Waals surface area contributed by atoms with Crippen LogP contribution in [-0.2, 0) is 10.4 Å². The van der Waals surface area contributed by atoms with E-state index in [4.69, 9.17) is 28.0 Å². The molecule has 0 saturated heterocycles. The van der Waals surface area contributed by atoms with Crippen LogP contribution < -0.4 is 0 Å². The number of allylic oxidation sites excluding steroid dienone is 1. The van der Waals surface area contributed by atoms with Gasteiger partial charge in [0.15, 0.2) is 0 Å². The van der Waals surface area contributed by atoms with Crippen molar-refractivity contribution in [1.82, 2.24) is 0 Å². The predicted octanol–water partition coefficient (Wildman–Crippen LogP) is 6.29. The first-order valence-electron chi connectivity index (χ1n) is 7.92. The normalized spacial score (nSPS) is 19.3. The molecular weight excluding hydrogens is 439 g/mol. The molecule has 1 aliphatic heterocycles. The highest BCUT2D eigenvalue weighted by atomic mass is 35.5. The van der Waals surface area contributed by atoms with Crippen LogP contribution in [0.4, 0.5) is 23.2 Å². The first-order chi connectivity index (χ1) is 13.5. The molecule has 1 unspecified atom stereocenters. The standard InChI is InChI=1S/C18H10Cl2F4N2O3/c19-12-6-11(7-13(20)8-12)17(18(22,23)24)9-14(25-29-17)3-1-10-2-4-15(21)16(5-10)26(27)28/h1-8H,9H2. The first kappa shape index (κ1) is 21.1. The number of nitro benzene ring substituents is 1. The van der Waals surface area contributed by atoms with E-state index in [0.717, 1.165) is 24.3 Å². The third kappa shape index (κ3) is 4.20. The minimum absolute atomic E-state index is 0.00217. The molecule has 1 aliphatic rings. The van der Waals surface area contributed by atoms with E-state index in [2.05, 4.69) is 5.16 Å². The Hall–Kier alpha value is -2.65. The lowest BCUT2D eigenvalue weighted by molar-refractivity contribution is -0.387. The molecule has 0 amide bonds. The van der Waals surface area contributed by atoms with Crippen LogP contribution in [0, 0.1) is 15.9 Å². The van der Waals surface area contributed by atoms with Gasteiger partial charge in [-0.25, -0.2) is 0 Å². The molecule has 29 heavy (non-hydrogen) atoms. The van der Waals surface area contributed by atoms with Gasteiger partial charge in [-0.1, -0.05) is 40.5 Å². The average Bonchev–Trinajstić information content (AvgIpc) is 3.05. The molecule has 0 saturated carbocycles. The molecule has 0 radical (unpaired) electrons. The third-order valence-corrected chi connectivity index (χ3v) is 4.61. The zero-order valence-corrected chi connectivity index (χ0v) is 15.7. The lowest BCUT2D eigenvalue weighted by Crippen LogP contribution is -2.42. The van der Waals surface area contributed by atoms with E-state index in [1.165, 1.54) is 24.3 Å². The minimum Gasteiger partial charge on any atom is -0.374 e. The Labute approximate surface area is 171 Å². The van der Waals surface area contributed by atoms with E-state index in [1.807, 2.05) is 0 Å². The van der Waals surface area contributed by atoms with E-state index in [1.54, 1.807) is 0 Å². The van der Waals surface area contributed by atoms with Crippen LogP contribution in [0.15, 0.2) is 47.6 Å². The van der Waals surface area contributed by atoms with E-state index < -0.39 is 34.6 Å². The van der Waals surface area contributed by atoms with Crippen molar-refractivity contribution < 1.29 is 27.3 Å². The molecular formula is C18H10Cl2F4N2O3. The van der Waals surface area contributed by atoms with Crippen molar-refractivity contribution in [3.8, 4) is 0 Å². The molecule has 2 aromatic carbocycles. The van der Waals surface area contributed by atoms with Crippen molar-refractivity contribution in [3.05, 3.63) is 79.6 Å². The van der Waals surface area contributed by atoms with Crippen molar-refractivity contribution in [3.63, 3.8) is 0 Å². The summed E-state index contributed by atoms with van der Waals surface area (Å²) in [5.74, 6) is -1.03. The molecule has 5 nitrogen and oxygen atoms in total. The van der Waals surface area contributed by atoms with E-state index in [0.29, 0.717) is 0 Å². The molecule has 0 spiro atoms. The van der Waals surface area contributed by atoms with Crippen LogP contribution in [0.1, 0.15) is 17.5 Å². The van der Waals surface area contributed by atoms with Gasteiger partial charge in [0.1, 0.15) is 0 Å². The maximum Gasteiger partial charge on any atom is 0.435 e. The fraction of sp³-hybridized carbons (Fsp3) is 0.167. The molecule has 2 aromatic rings. The Morgan fingerprint density at radius 1 is 1.14 bits per heavy atom. The topological polar surface area (TPSA) is 64.7 Å². The van der Waals surface area contributed by atoms with E-state index in [9.17, 15) is 27.7 Å². The Balaban J connectivity index is 1.90. The summed E-state index contributed by atoms with van der Waals surface area (Å²) >= 11 is 11.7. The molecule has 1 heterocycles. The van der Waals surface area contributed by atoms with Gasteiger partial charge in [-0.3, -0.25) is 10.1 Å². The second-order valence-corrected chi connectivity index (χ2v) is 7.01. The highest BCUT2D eigenvalue weighted by molar-refractivity contribution is 6.34. The van der Waals surface area contributed by atoms with Gasteiger partial charge in [0.2, 0.25) is 5.82 Å². The molecule has 3 rings (SSSR count). The van der Waals surface area contributed by atoms with Gasteiger partial charge in [-0.15, -0.1) is 0 Å². The summed E-state index contributed by atoms with van der Waals surface area (Å²) < 4.78 is 55.0. The average molecular weight is 449 g/mol. The lowest BCUT2D eigenvalue weighted by atomic mass is 9.88. The van der Waals surface area contributed by atoms with Gasteiger partial charge < -0.3 is 4.84 Å². The largest absolute Gasteiger partial charge is 0.435 e. The van der Waals surface area contributed by atoms with Crippen molar-refractivity contribution in [2.24, 2.45) is 5.16 Å². The summed E-state index contributed by atoms with van der Waals surface area (Å²) in [6, 6.07) is 6.55. The van der Waals surface area contributed by atoms with Gasteiger partial charge >= 0.3 is 11.9 Å². The second-order valence-electron chi connectivity index (χ2n) is 6.13. The molecule has 1 atom stereocenters. The Bertz CT molecular complexity index is 1020. The van der Waals surface area contributed by atoms with Crippen molar-refractivity contribution in [2.75, 3.05) is 0 Å². The number of oxime groups is 1. The fourth-order valence-electron chi connectivity index (χ4n) is 2.77. The maximum absolute atomic E-state index is 13.9. The van der Waals surface area contributed by atoms with Crippen LogP contribution >= 0.6 is 23.2 Å². The monoisotopic (exact) mass is 448 g/mol. The van der Waals surface area contributed by atoms with Crippen LogP contribution in [0.25, 0.3) is 6.08 Å². The summed E-state index contributed by atoms with van der Waals surface area (Å²) in [6.07, 6.45) is -3.04. The highest BCUT2D eigenvalue weighted by Gasteiger charge is 2.62. The number of halogens is 6. The fourth-order valence-corrected chi connectivity index (χ4v) is 3.29. The number of hydrogen-bond donors (Lipinski definition) is 0. The Morgan fingerprint density at radius 2 is 1.79 bits per heavy atom. The van der Waals surface area contributed by atoms with Gasteiger partial charge in [0, 0.05) is 28.1 Å². The molecule has 0 aliphatic carbocycles. The molecule has 152 valence electrons. The molecule has 0 aromatic heterocycles. The van der Waals surface area contributed by atoms with Crippen LogP contribution in [0.3, 0.4) is 0 Å². The third-order valence-electron chi connectivity index (χ3n) is 4.17. The summed E-state index contributed by atoms with van der Waals surface area (Å²) in [5, 5.41) is 14.3. The summed E-state index contributed by atoms with van der Waals surface area (Å²) in [4.78, 5) is 14.7. The Kier molecular flexibility index (Phi) is 5.55. The van der Waals surface area contributed by atoms with Gasteiger partial charge in [0.05, 0.1) is 10.6 Å². The summed E-state index contributed by atoms with van der Waals surface area (Å²) in [7, 11) is 0. The van der Waals surface area contributed by atoms with E-state index >= 15 is 0 Å². The first-order valence-corrected chi connectivity index (χ1v) is 8.68. The number of nitrogens with zero attached hydrogens (tertiary/aromatic N) is 2. The Morgan fingerprint density at radius 3 is 2.38 bits per heavy atom. The smallest absolute Gasteiger partial charge is 0.374 e. The SMILES string of the molecule is O=[N+]([O-])c1cc(C=CC2=NOC(c3cc(Cl)cc(Cl)c3)(C(F)(F)F)C2)ccc1F. The second kappa shape index (κ2) is 7.64. The molecule has 11 heteroatoms. The molecule has 0 N–H and O–H groups in total. The van der Waals surface area contributed by atoms with Gasteiger partial charge in [0.25, 0.3) is 5.60 Å². The van der Waals surface area contributed by atoms with Crippen molar-refractivity contribution >= 4 is 40.7 Å². The number of benzene rings is 2. The highest BCUT2D eigenvalue weighted by Crippen LogP contribution is 2.49. The molecule has 0 bridgehead atoms. The van der Waals surface area contributed by atoms with Crippen LogP contribution in [0.5, 0.6) is 0 Å². The number of nitro groups is 1. The number of alkyl halides is 3. The number of hydrogen-bond acceptors (Lipinski definition) is 4. The number of rotatable bonds is 4. The van der Waals surface area contributed by atoms with Crippen LogP contribution in [0.2, 0.25) is 10.0 Å². The van der Waals surface area contributed by atoms with Gasteiger partial charge in [-0.05, 0) is 35.9 Å². The van der Waals surface area contributed by atoms with Gasteiger partial charge in [-0.2, -0.15) is 17.6 Å². The minimum atomic E-state index is -4.84. The quantitative estimate of drug-likeness (QED) is 0.313.